The van der Waals surface area contributed by atoms with Gasteiger partial charge in [0.25, 0.3) is 0 Å². The van der Waals surface area contributed by atoms with E-state index in [1.165, 1.54) is 5.56 Å². The van der Waals surface area contributed by atoms with Crippen molar-refractivity contribution >= 4 is 34.8 Å². The van der Waals surface area contributed by atoms with Gasteiger partial charge in [0.2, 0.25) is 0 Å². The van der Waals surface area contributed by atoms with Crippen LogP contribution in [0, 0.1) is 0 Å². The third-order valence-corrected chi connectivity index (χ3v) is 3.93. The molecule has 0 aliphatic heterocycles. The maximum Gasteiger partial charge on any atom is 0.0454 e. The molecule has 1 N–H and O–H groups in total. The smallest absolute Gasteiger partial charge is 0.0454 e. The van der Waals surface area contributed by atoms with Gasteiger partial charge in [-0.1, -0.05) is 53.9 Å². The van der Waals surface area contributed by atoms with E-state index >= 15 is 0 Å². The highest BCUT2D eigenvalue weighted by Gasteiger charge is 2.15. The van der Waals surface area contributed by atoms with Crippen LogP contribution in [-0.2, 0) is 6.42 Å². The average Bonchev–Trinajstić information content (AvgIpc) is 2.41. The first-order valence-corrected chi connectivity index (χ1v) is 7.66. The molecule has 0 amide bonds. The molecule has 0 aromatic heterocycles. The van der Waals surface area contributed by atoms with Crippen LogP contribution in [0.2, 0.25) is 15.1 Å². The lowest BCUT2D eigenvalue weighted by atomic mass is 9.98. The summed E-state index contributed by atoms with van der Waals surface area (Å²) in [5, 5.41) is 5.61. The largest absolute Gasteiger partial charge is 0.310 e. The number of rotatable bonds is 5. The van der Waals surface area contributed by atoms with Crippen LogP contribution >= 0.6 is 34.8 Å². The lowest BCUT2D eigenvalue weighted by Gasteiger charge is -2.20. The van der Waals surface area contributed by atoms with Crippen molar-refractivity contribution in [3.05, 3.63) is 68.7 Å². The van der Waals surface area contributed by atoms with Crippen LogP contribution < -0.4 is 5.32 Å². The van der Waals surface area contributed by atoms with Crippen LogP contribution in [0.25, 0.3) is 0 Å². The van der Waals surface area contributed by atoms with Crippen molar-refractivity contribution in [2.45, 2.75) is 19.4 Å². The third-order valence-electron chi connectivity index (χ3n) is 3.11. The Bertz CT molecular complexity index is 584. The lowest BCUT2D eigenvalue weighted by molar-refractivity contribution is 0.550. The minimum atomic E-state index is 0.115. The fourth-order valence-corrected chi connectivity index (χ4v) is 2.86. The molecule has 1 atom stereocenters. The van der Waals surface area contributed by atoms with Gasteiger partial charge in [-0.15, -0.1) is 0 Å². The standard InChI is InChI=1S/C16H16Cl3N/c1-2-20-16(9-11-4-3-5-12(17)8-11)14-10-13(18)6-7-15(14)19/h3-8,10,16,20H,2,9H2,1H3. The topological polar surface area (TPSA) is 12.0 Å². The predicted octanol–water partition coefficient (Wildman–Crippen LogP) is 5.54. The maximum absolute atomic E-state index is 6.30. The number of benzene rings is 2. The van der Waals surface area contributed by atoms with Gasteiger partial charge < -0.3 is 5.32 Å². The molecule has 0 spiro atoms. The van der Waals surface area contributed by atoms with Gasteiger partial charge >= 0.3 is 0 Å². The Hall–Kier alpha value is -0.730. The second-order valence-corrected chi connectivity index (χ2v) is 5.89. The number of nitrogens with one attached hydrogen (secondary N) is 1. The van der Waals surface area contributed by atoms with Gasteiger partial charge in [-0.2, -0.15) is 0 Å². The fourth-order valence-electron chi connectivity index (χ4n) is 2.22. The van der Waals surface area contributed by atoms with Crippen LogP contribution in [-0.4, -0.2) is 6.54 Å². The van der Waals surface area contributed by atoms with Crippen molar-refractivity contribution in [1.29, 1.82) is 0 Å². The number of likely N-dealkylation sites (N-methyl/N-ethyl adjacent to an activating group) is 1. The molecule has 106 valence electrons. The Balaban J connectivity index is 2.29. The fraction of sp³-hybridized carbons (Fsp3) is 0.250. The molecule has 0 aliphatic rings. The first-order valence-electron chi connectivity index (χ1n) is 6.53. The van der Waals surface area contributed by atoms with E-state index in [1.54, 1.807) is 6.07 Å². The van der Waals surface area contributed by atoms with Crippen LogP contribution in [0.4, 0.5) is 0 Å². The number of hydrogen-bond acceptors (Lipinski definition) is 1. The SMILES string of the molecule is CCNC(Cc1cccc(Cl)c1)c1cc(Cl)ccc1Cl. The van der Waals surface area contributed by atoms with Crippen molar-refractivity contribution in [2.75, 3.05) is 6.54 Å². The predicted molar refractivity (Wildman–Crippen MR) is 88.0 cm³/mol. The second-order valence-electron chi connectivity index (χ2n) is 4.61. The van der Waals surface area contributed by atoms with Crippen molar-refractivity contribution in [3.63, 3.8) is 0 Å². The summed E-state index contributed by atoms with van der Waals surface area (Å²) in [6.07, 6.45) is 0.814. The van der Waals surface area contributed by atoms with E-state index in [9.17, 15) is 0 Å². The molecule has 2 aromatic carbocycles. The quantitative estimate of drug-likeness (QED) is 0.760. The third kappa shape index (κ3) is 4.13. The molecule has 1 nitrogen and oxygen atoms in total. The molecule has 0 heterocycles. The summed E-state index contributed by atoms with van der Waals surface area (Å²) in [6.45, 7) is 2.93. The zero-order chi connectivity index (χ0) is 14.5. The molecule has 0 aliphatic carbocycles. The minimum absolute atomic E-state index is 0.115. The maximum atomic E-state index is 6.30. The molecule has 0 saturated heterocycles. The summed E-state index contributed by atoms with van der Waals surface area (Å²) < 4.78 is 0. The molecule has 0 saturated carbocycles. The molecule has 2 rings (SSSR count). The van der Waals surface area contributed by atoms with E-state index in [0.717, 1.165) is 28.6 Å². The summed E-state index contributed by atoms with van der Waals surface area (Å²) in [6, 6.07) is 13.5. The van der Waals surface area contributed by atoms with Crippen LogP contribution in [0.1, 0.15) is 24.1 Å². The van der Waals surface area contributed by atoms with E-state index in [-0.39, 0.29) is 6.04 Å². The zero-order valence-electron chi connectivity index (χ0n) is 11.2. The normalized spacial score (nSPS) is 12.4. The lowest BCUT2D eigenvalue weighted by Crippen LogP contribution is -2.23. The highest BCUT2D eigenvalue weighted by molar-refractivity contribution is 6.33. The van der Waals surface area contributed by atoms with Gasteiger partial charge in [-0.25, -0.2) is 0 Å². The van der Waals surface area contributed by atoms with Crippen LogP contribution in [0.15, 0.2) is 42.5 Å². The van der Waals surface area contributed by atoms with E-state index in [2.05, 4.69) is 18.3 Å². The summed E-state index contributed by atoms with van der Waals surface area (Å²) in [4.78, 5) is 0. The number of halogens is 3. The Morgan fingerprint density at radius 1 is 1.00 bits per heavy atom. The van der Waals surface area contributed by atoms with Crippen LogP contribution in [0.3, 0.4) is 0 Å². The van der Waals surface area contributed by atoms with E-state index < -0.39 is 0 Å². The summed E-state index contributed by atoms with van der Waals surface area (Å²) in [5.74, 6) is 0. The summed E-state index contributed by atoms with van der Waals surface area (Å²) in [7, 11) is 0. The molecule has 0 fully saturated rings. The Morgan fingerprint density at radius 3 is 2.45 bits per heavy atom. The Labute approximate surface area is 134 Å². The van der Waals surface area contributed by atoms with Crippen molar-refractivity contribution in [2.24, 2.45) is 0 Å². The monoisotopic (exact) mass is 327 g/mol. The van der Waals surface area contributed by atoms with Crippen molar-refractivity contribution in [3.8, 4) is 0 Å². The van der Waals surface area contributed by atoms with E-state index in [4.69, 9.17) is 34.8 Å². The van der Waals surface area contributed by atoms with Gasteiger partial charge in [-0.05, 0) is 54.4 Å². The molecule has 2 aromatic rings. The Morgan fingerprint density at radius 2 is 1.75 bits per heavy atom. The molecule has 0 bridgehead atoms. The van der Waals surface area contributed by atoms with Gasteiger partial charge in [0.1, 0.15) is 0 Å². The molecule has 20 heavy (non-hydrogen) atoms. The van der Waals surface area contributed by atoms with Gasteiger partial charge in [-0.3, -0.25) is 0 Å². The van der Waals surface area contributed by atoms with Crippen LogP contribution in [0.5, 0.6) is 0 Å². The zero-order valence-corrected chi connectivity index (χ0v) is 13.4. The summed E-state index contributed by atoms with van der Waals surface area (Å²) in [5.41, 5.74) is 2.18. The molecule has 4 heteroatoms. The first kappa shape index (κ1) is 15.7. The number of hydrogen-bond donors (Lipinski definition) is 1. The van der Waals surface area contributed by atoms with Gasteiger partial charge in [0.05, 0.1) is 0 Å². The first-order chi connectivity index (χ1) is 9.60. The van der Waals surface area contributed by atoms with E-state index in [0.29, 0.717) is 5.02 Å². The molecule has 1 unspecified atom stereocenters. The highest BCUT2D eigenvalue weighted by Crippen LogP contribution is 2.29. The van der Waals surface area contributed by atoms with Gasteiger partial charge in [0.15, 0.2) is 0 Å². The van der Waals surface area contributed by atoms with Crippen molar-refractivity contribution in [1.82, 2.24) is 5.32 Å². The second kappa shape index (κ2) is 7.33. The van der Waals surface area contributed by atoms with E-state index in [1.807, 2.05) is 30.3 Å². The molecular formula is C16H16Cl3N. The average molecular weight is 329 g/mol. The summed E-state index contributed by atoms with van der Waals surface area (Å²) >= 11 is 18.4. The Kier molecular flexibility index (Phi) is 5.74. The molecular weight excluding hydrogens is 313 g/mol. The highest BCUT2D eigenvalue weighted by atomic mass is 35.5. The van der Waals surface area contributed by atoms with Gasteiger partial charge in [0, 0.05) is 21.1 Å². The molecule has 0 radical (unpaired) electrons. The minimum Gasteiger partial charge on any atom is -0.310 e. The van der Waals surface area contributed by atoms with Crippen molar-refractivity contribution < 1.29 is 0 Å².